The summed E-state index contributed by atoms with van der Waals surface area (Å²) in [6.45, 7) is 0. The van der Waals surface area contributed by atoms with E-state index in [1.54, 1.807) is 12.3 Å². The van der Waals surface area contributed by atoms with Crippen LogP contribution in [0.3, 0.4) is 0 Å². The highest BCUT2D eigenvalue weighted by molar-refractivity contribution is 7.98. The molecule has 1 heterocycles. The van der Waals surface area contributed by atoms with Crippen molar-refractivity contribution in [1.29, 1.82) is 0 Å². The smallest absolute Gasteiger partial charge is 0.170 e. The van der Waals surface area contributed by atoms with Crippen molar-refractivity contribution in [2.24, 2.45) is 10.9 Å². The van der Waals surface area contributed by atoms with E-state index in [4.69, 9.17) is 10.9 Å². The number of hydrogen-bond donors (Lipinski definition) is 2. The lowest BCUT2D eigenvalue weighted by Gasteiger charge is -2.05. The van der Waals surface area contributed by atoms with Crippen molar-refractivity contribution in [3.05, 3.63) is 59.5 Å². The molecule has 0 radical (unpaired) electrons. The number of oxime groups is 1. The highest BCUT2D eigenvalue weighted by Crippen LogP contribution is 2.21. The number of halogens is 1. The lowest BCUT2D eigenvalue weighted by Crippen LogP contribution is -2.13. The topological polar surface area (TPSA) is 71.5 Å². The van der Waals surface area contributed by atoms with Crippen molar-refractivity contribution in [2.45, 2.75) is 10.8 Å². The van der Waals surface area contributed by atoms with Crippen LogP contribution < -0.4 is 5.73 Å². The minimum atomic E-state index is -0.416. The van der Waals surface area contributed by atoms with Crippen LogP contribution in [-0.4, -0.2) is 16.0 Å². The van der Waals surface area contributed by atoms with Gasteiger partial charge in [0.15, 0.2) is 5.84 Å². The average molecular weight is 277 g/mol. The van der Waals surface area contributed by atoms with Gasteiger partial charge in [-0.15, -0.1) is 11.8 Å². The first-order valence-electron chi connectivity index (χ1n) is 5.50. The molecule has 0 aliphatic rings. The summed E-state index contributed by atoms with van der Waals surface area (Å²) in [5.41, 5.74) is 6.56. The molecule has 6 heteroatoms. The standard InChI is InChI=1S/C13H12FN3OS/c14-11-6-9(5-10(7-11)13(15)17-18)8-19-12-3-1-2-4-16-12/h1-7,18H,8H2,(H2,15,17). The number of benzene rings is 1. The summed E-state index contributed by atoms with van der Waals surface area (Å²) >= 11 is 1.49. The van der Waals surface area contributed by atoms with E-state index in [0.717, 1.165) is 10.6 Å². The molecule has 0 fully saturated rings. The Bertz CT molecular complexity index is 590. The molecule has 2 rings (SSSR count). The van der Waals surface area contributed by atoms with Crippen LogP contribution in [0.15, 0.2) is 52.8 Å². The molecular weight excluding hydrogens is 265 g/mol. The largest absolute Gasteiger partial charge is 0.409 e. The molecule has 0 saturated heterocycles. The van der Waals surface area contributed by atoms with E-state index in [9.17, 15) is 4.39 Å². The summed E-state index contributed by atoms with van der Waals surface area (Å²) in [6.07, 6.45) is 1.70. The van der Waals surface area contributed by atoms with Gasteiger partial charge in [0.1, 0.15) is 5.82 Å². The molecule has 19 heavy (non-hydrogen) atoms. The van der Waals surface area contributed by atoms with Gasteiger partial charge in [0.25, 0.3) is 0 Å². The minimum absolute atomic E-state index is 0.108. The highest BCUT2D eigenvalue weighted by Gasteiger charge is 2.05. The summed E-state index contributed by atoms with van der Waals surface area (Å²) in [5.74, 6) is 0.0322. The summed E-state index contributed by atoms with van der Waals surface area (Å²) < 4.78 is 13.4. The predicted molar refractivity (Wildman–Crippen MR) is 72.7 cm³/mol. The monoisotopic (exact) mass is 277 g/mol. The third kappa shape index (κ3) is 3.69. The Balaban J connectivity index is 2.14. The Morgan fingerprint density at radius 3 is 2.89 bits per heavy atom. The molecule has 2 aromatic rings. The van der Waals surface area contributed by atoms with Gasteiger partial charge >= 0.3 is 0 Å². The number of nitrogens with zero attached hydrogens (tertiary/aromatic N) is 2. The molecule has 0 aliphatic heterocycles. The van der Waals surface area contributed by atoms with Crippen molar-refractivity contribution < 1.29 is 9.60 Å². The predicted octanol–water partition coefficient (Wildman–Crippen LogP) is 2.61. The van der Waals surface area contributed by atoms with E-state index in [-0.39, 0.29) is 5.84 Å². The number of nitrogens with two attached hydrogens (primary N) is 1. The molecule has 0 aliphatic carbocycles. The maximum absolute atomic E-state index is 13.4. The summed E-state index contributed by atoms with van der Waals surface area (Å²) in [5, 5.41) is 12.3. The number of pyridine rings is 1. The maximum atomic E-state index is 13.4. The second-order valence-electron chi connectivity index (χ2n) is 3.79. The number of thioether (sulfide) groups is 1. The van der Waals surface area contributed by atoms with E-state index in [1.165, 1.54) is 23.9 Å². The van der Waals surface area contributed by atoms with Gasteiger partial charge in [0.2, 0.25) is 0 Å². The van der Waals surface area contributed by atoms with Gasteiger partial charge in [0, 0.05) is 17.5 Å². The Morgan fingerprint density at radius 2 is 2.21 bits per heavy atom. The van der Waals surface area contributed by atoms with E-state index >= 15 is 0 Å². The first-order chi connectivity index (χ1) is 9.19. The summed E-state index contributed by atoms with van der Waals surface area (Å²) in [6, 6.07) is 9.95. The number of amidine groups is 1. The fraction of sp³-hybridized carbons (Fsp3) is 0.0769. The SMILES string of the molecule is N/C(=N/O)c1cc(F)cc(CSc2ccccn2)c1. The molecule has 0 bridgehead atoms. The van der Waals surface area contributed by atoms with Gasteiger partial charge in [-0.3, -0.25) is 0 Å². The van der Waals surface area contributed by atoms with Gasteiger partial charge in [-0.05, 0) is 35.9 Å². The van der Waals surface area contributed by atoms with Crippen molar-refractivity contribution in [2.75, 3.05) is 0 Å². The number of aromatic nitrogens is 1. The molecule has 0 atom stereocenters. The fourth-order valence-corrected chi connectivity index (χ4v) is 2.32. The molecule has 0 spiro atoms. The van der Waals surface area contributed by atoms with Gasteiger partial charge in [0.05, 0.1) is 5.03 Å². The van der Waals surface area contributed by atoms with Crippen LogP contribution in [0, 0.1) is 5.82 Å². The van der Waals surface area contributed by atoms with Gasteiger partial charge in [-0.25, -0.2) is 9.37 Å². The van der Waals surface area contributed by atoms with Gasteiger partial charge in [-0.1, -0.05) is 11.2 Å². The van der Waals surface area contributed by atoms with E-state index in [2.05, 4.69) is 10.1 Å². The number of rotatable bonds is 4. The van der Waals surface area contributed by atoms with Crippen LogP contribution in [0.2, 0.25) is 0 Å². The number of hydrogen-bond acceptors (Lipinski definition) is 4. The Labute approximate surface area is 114 Å². The fourth-order valence-electron chi connectivity index (χ4n) is 1.53. The van der Waals surface area contributed by atoms with Crippen molar-refractivity contribution in [1.82, 2.24) is 4.98 Å². The third-order valence-electron chi connectivity index (χ3n) is 2.39. The van der Waals surface area contributed by atoms with E-state index < -0.39 is 5.82 Å². The average Bonchev–Trinajstić information content (AvgIpc) is 2.45. The zero-order valence-electron chi connectivity index (χ0n) is 9.95. The molecule has 0 unspecified atom stereocenters. The molecule has 0 saturated carbocycles. The van der Waals surface area contributed by atoms with Gasteiger partial charge < -0.3 is 10.9 Å². The maximum Gasteiger partial charge on any atom is 0.170 e. The Morgan fingerprint density at radius 1 is 1.37 bits per heavy atom. The Hall–Kier alpha value is -2.08. The molecule has 3 N–H and O–H groups in total. The second kappa shape index (κ2) is 6.19. The molecule has 1 aromatic carbocycles. The molecular formula is C13H12FN3OS. The van der Waals surface area contributed by atoms with E-state index in [1.807, 2.05) is 18.2 Å². The first kappa shape index (κ1) is 13.4. The zero-order chi connectivity index (χ0) is 13.7. The van der Waals surface area contributed by atoms with Crippen LogP contribution >= 0.6 is 11.8 Å². The zero-order valence-corrected chi connectivity index (χ0v) is 10.8. The lowest BCUT2D eigenvalue weighted by molar-refractivity contribution is 0.318. The van der Waals surface area contributed by atoms with Crippen molar-refractivity contribution in [3.63, 3.8) is 0 Å². The van der Waals surface area contributed by atoms with Crippen LogP contribution in [0.1, 0.15) is 11.1 Å². The Kier molecular flexibility index (Phi) is 4.35. The normalized spacial score (nSPS) is 11.5. The lowest BCUT2D eigenvalue weighted by atomic mass is 10.1. The molecule has 1 aromatic heterocycles. The van der Waals surface area contributed by atoms with Crippen LogP contribution in [0.4, 0.5) is 4.39 Å². The molecule has 4 nitrogen and oxygen atoms in total. The quantitative estimate of drug-likeness (QED) is 0.296. The van der Waals surface area contributed by atoms with Crippen LogP contribution in [0.5, 0.6) is 0 Å². The van der Waals surface area contributed by atoms with E-state index in [0.29, 0.717) is 11.3 Å². The summed E-state index contributed by atoms with van der Waals surface area (Å²) in [4.78, 5) is 4.17. The molecule has 98 valence electrons. The van der Waals surface area contributed by atoms with Gasteiger partial charge in [-0.2, -0.15) is 0 Å². The van der Waals surface area contributed by atoms with Crippen molar-refractivity contribution >= 4 is 17.6 Å². The van der Waals surface area contributed by atoms with Crippen LogP contribution in [-0.2, 0) is 5.75 Å². The minimum Gasteiger partial charge on any atom is -0.409 e. The van der Waals surface area contributed by atoms with Crippen LogP contribution in [0.25, 0.3) is 0 Å². The third-order valence-corrected chi connectivity index (χ3v) is 3.40. The highest BCUT2D eigenvalue weighted by atomic mass is 32.2. The summed E-state index contributed by atoms with van der Waals surface area (Å²) in [7, 11) is 0. The molecule has 0 amide bonds. The van der Waals surface area contributed by atoms with Crippen molar-refractivity contribution in [3.8, 4) is 0 Å². The second-order valence-corrected chi connectivity index (χ2v) is 4.79. The first-order valence-corrected chi connectivity index (χ1v) is 6.49.